The van der Waals surface area contributed by atoms with Gasteiger partial charge in [0.25, 0.3) is 0 Å². The van der Waals surface area contributed by atoms with Crippen LogP contribution in [0.5, 0.6) is 5.75 Å². The molecular weight excluding hydrogens is 298 g/mol. The van der Waals surface area contributed by atoms with Crippen LogP contribution in [0.4, 0.5) is 5.69 Å². The second-order valence-electron chi connectivity index (χ2n) is 4.98. The molecule has 22 heavy (non-hydrogen) atoms. The van der Waals surface area contributed by atoms with E-state index in [1.165, 1.54) is 11.1 Å². The van der Waals surface area contributed by atoms with Crippen molar-refractivity contribution in [3.8, 4) is 5.75 Å². The van der Waals surface area contributed by atoms with Crippen LogP contribution in [0.2, 0.25) is 0 Å². The maximum Gasteiger partial charge on any atom is 0.165 e. The van der Waals surface area contributed by atoms with Crippen LogP contribution < -0.4 is 10.1 Å². The molecule has 0 aliphatic rings. The zero-order valence-corrected chi connectivity index (χ0v) is 14.3. The van der Waals surface area contributed by atoms with Crippen LogP contribution in [0.1, 0.15) is 16.7 Å². The summed E-state index contributed by atoms with van der Waals surface area (Å²) in [5.41, 5.74) is 4.67. The van der Waals surface area contributed by atoms with E-state index in [2.05, 4.69) is 35.2 Å². The fourth-order valence-corrected chi connectivity index (χ4v) is 3.36. The van der Waals surface area contributed by atoms with Crippen molar-refractivity contribution < 1.29 is 9.47 Å². The van der Waals surface area contributed by atoms with E-state index in [0.717, 1.165) is 34.5 Å². The van der Waals surface area contributed by atoms with E-state index in [-0.39, 0.29) is 0 Å². The van der Waals surface area contributed by atoms with Gasteiger partial charge in [0.05, 0.1) is 13.7 Å². The van der Waals surface area contributed by atoms with E-state index >= 15 is 0 Å². The van der Waals surface area contributed by atoms with Crippen LogP contribution in [0.3, 0.4) is 0 Å². The first-order chi connectivity index (χ1) is 10.7. The molecule has 1 aromatic carbocycles. The number of aromatic amines is 1. The lowest BCUT2D eigenvalue weighted by molar-refractivity contribution is 0.211. The molecule has 6 heteroatoms. The third kappa shape index (κ3) is 3.96. The van der Waals surface area contributed by atoms with Gasteiger partial charge < -0.3 is 19.8 Å². The molecular formula is C16H23N3O2S. The minimum absolute atomic E-state index is 0.675. The van der Waals surface area contributed by atoms with Crippen LogP contribution in [0.15, 0.2) is 23.6 Å². The van der Waals surface area contributed by atoms with Crippen LogP contribution in [-0.2, 0) is 10.5 Å². The van der Waals surface area contributed by atoms with E-state index in [1.54, 1.807) is 32.2 Å². The number of anilines is 1. The van der Waals surface area contributed by atoms with Gasteiger partial charge in [-0.1, -0.05) is 11.8 Å². The van der Waals surface area contributed by atoms with Crippen molar-refractivity contribution in [3.63, 3.8) is 0 Å². The van der Waals surface area contributed by atoms with Crippen molar-refractivity contribution in [1.82, 2.24) is 9.97 Å². The summed E-state index contributed by atoms with van der Waals surface area (Å²) < 4.78 is 10.7. The topological polar surface area (TPSA) is 59.2 Å². The van der Waals surface area contributed by atoms with Gasteiger partial charge in [-0.25, -0.2) is 4.98 Å². The number of thioether (sulfide) groups is 1. The number of hydrogen-bond acceptors (Lipinski definition) is 5. The van der Waals surface area contributed by atoms with Gasteiger partial charge in [-0.15, -0.1) is 0 Å². The number of nitrogens with one attached hydrogen (secondary N) is 2. The zero-order valence-electron chi connectivity index (χ0n) is 13.5. The van der Waals surface area contributed by atoms with Crippen LogP contribution in [0.25, 0.3) is 0 Å². The van der Waals surface area contributed by atoms with Crippen molar-refractivity contribution in [1.29, 1.82) is 0 Å². The fourth-order valence-electron chi connectivity index (χ4n) is 2.42. The summed E-state index contributed by atoms with van der Waals surface area (Å²) in [5, 5.41) is 4.37. The largest absolute Gasteiger partial charge is 0.496 e. The maximum absolute atomic E-state index is 5.55. The number of nitrogens with zero attached hydrogens (tertiary/aromatic N) is 1. The number of ether oxygens (including phenoxy) is 2. The predicted octanol–water partition coefficient (Wildman–Crippen LogP) is 3.39. The fraction of sp³-hybridized carbons (Fsp3) is 0.438. The normalized spacial score (nSPS) is 10.7. The molecule has 0 amide bonds. The summed E-state index contributed by atoms with van der Waals surface area (Å²) in [7, 11) is 3.43. The third-order valence-electron chi connectivity index (χ3n) is 3.49. The van der Waals surface area contributed by atoms with Crippen LogP contribution >= 0.6 is 11.8 Å². The Balaban J connectivity index is 2.25. The van der Waals surface area contributed by atoms with Gasteiger partial charge >= 0.3 is 0 Å². The maximum atomic E-state index is 5.55. The van der Waals surface area contributed by atoms with Gasteiger partial charge in [0.2, 0.25) is 0 Å². The molecule has 5 nitrogen and oxygen atoms in total. The quantitative estimate of drug-likeness (QED) is 0.576. The highest BCUT2D eigenvalue weighted by molar-refractivity contribution is 7.98. The van der Waals surface area contributed by atoms with Crippen molar-refractivity contribution >= 4 is 17.4 Å². The Hall–Kier alpha value is -1.66. The van der Waals surface area contributed by atoms with E-state index < -0.39 is 0 Å². The van der Waals surface area contributed by atoms with Crippen molar-refractivity contribution in [3.05, 3.63) is 35.2 Å². The molecule has 0 spiro atoms. The molecule has 0 aliphatic heterocycles. The van der Waals surface area contributed by atoms with Gasteiger partial charge in [0, 0.05) is 37.5 Å². The molecule has 0 radical (unpaired) electrons. The van der Waals surface area contributed by atoms with Crippen LogP contribution in [-0.4, -0.2) is 37.3 Å². The molecule has 0 fully saturated rings. The summed E-state index contributed by atoms with van der Waals surface area (Å²) in [6, 6.07) is 2.14. The summed E-state index contributed by atoms with van der Waals surface area (Å²) in [5.74, 6) is 1.78. The molecule has 0 atom stereocenters. The summed E-state index contributed by atoms with van der Waals surface area (Å²) in [4.78, 5) is 7.38. The monoisotopic (exact) mass is 321 g/mol. The lowest BCUT2D eigenvalue weighted by atomic mass is 10.0. The van der Waals surface area contributed by atoms with Gasteiger partial charge in [0.1, 0.15) is 5.75 Å². The number of aromatic nitrogens is 2. The van der Waals surface area contributed by atoms with Gasteiger partial charge in [-0.3, -0.25) is 0 Å². The molecule has 0 bridgehead atoms. The summed E-state index contributed by atoms with van der Waals surface area (Å²) in [6.45, 7) is 5.62. The molecule has 1 heterocycles. The zero-order chi connectivity index (χ0) is 15.9. The van der Waals surface area contributed by atoms with Crippen molar-refractivity contribution in [2.75, 3.05) is 32.7 Å². The first-order valence-corrected chi connectivity index (χ1v) is 8.18. The number of benzene rings is 1. The Morgan fingerprint density at radius 2 is 2.14 bits per heavy atom. The van der Waals surface area contributed by atoms with Gasteiger partial charge in [0.15, 0.2) is 5.16 Å². The summed E-state index contributed by atoms with van der Waals surface area (Å²) in [6.07, 6.45) is 3.60. The number of aryl methyl sites for hydroxylation is 1. The highest BCUT2D eigenvalue weighted by Gasteiger charge is 2.14. The highest BCUT2D eigenvalue weighted by Crippen LogP contribution is 2.35. The lowest BCUT2D eigenvalue weighted by Crippen LogP contribution is -2.11. The third-order valence-corrected chi connectivity index (χ3v) is 4.42. The van der Waals surface area contributed by atoms with Crippen molar-refractivity contribution in [2.24, 2.45) is 0 Å². The molecule has 120 valence electrons. The number of rotatable bonds is 8. The average Bonchev–Trinajstić information content (AvgIpc) is 3.00. The first kappa shape index (κ1) is 16.7. The lowest BCUT2D eigenvalue weighted by Gasteiger charge is -2.19. The molecule has 1 aromatic heterocycles. The minimum atomic E-state index is 0.675. The Labute approximate surface area is 135 Å². The average molecular weight is 321 g/mol. The molecule has 0 saturated carbocycles. The molecule has 2 N–H and O–H groups in total. The minimum Gasteiger partial charge on any atom is -0.496 e. The van der Waals surface area contributed by atoms with E-state index in [1.807, 2.05) is 6.20 Å². The second kappa shape index (κ2) is 8.10. The smallest absolute Gasteiger partial charge is 0.165 e. The Bertz CT molecular complexity index is 600. The van der Waals surface area contributed by atoms with Crippen LogP contribution in [0, 0.1) is 13.8 Å². The Morgan fingerprint density at radius 1 is 1.32 bits per heavy atom. The molecule has 2 rings (SSSR count). The Morgan fingerprint density at radius 3 is 2.77 bits per heavy atom. The SMILES string of the molecule is COCCNc1cc(C)c(OC)c(C)c1CSc1ncc[nH]1. The number of imidazole rings is 1. The Kier molecular flexibility index (Phi) is 6.15. The first-order valence-electron chi connectivity index (χ1n) is 7.19. The molecule has 0 aliphatic carbocycles. The number of H-pyrrole nitrogens is 1. The second-order valence-corrected chi connectivity index (χ2v) is 5.94. The number of methoxy groups -OCH3 is 2. The summed E-state index contributed by atoms with van der Waals surface area (Å²) >= 11 is 1.68. The predicted molar refractivity (Wildman–Crippen MR) is 91.0 cm³/mol. The molecule has 0 saturated heterocycles. The highest BCUT2D eigenvalue weighted by atomic mass is 32.2. The standard InChI is InChI=1S/C16H23N3O2S/c1-11-9-14(17-7-8-20-3)13(12(2)15(11)21-4)10-22-16-18-5-6-19-16/h5-6,9,17H,7-8,10H2,1-4H3,(H,18,19). The number of hydrogen-bond donors (Lipinski definition) is 2. The van der Waals surface area contributed by atoms with Gasteiger partial charge in [-0.2, -0.15) is 0 Å². The molecule has 2 aromatic rings. The van der Waals surface area contributed by atoms with E-state index in [0.29, 0.717) is 6.61 Å². The van der Waals surface area contributed by atoms with E-state index in [9.17, 15) is 0 Å². The van der Waals surface area contributed by atoms with E-state index in [4.69, 9.17) is 9.47 Å². The van der Waals surface area contributed by atoms with Gasteiger partial charge in [-0.05, 0) is 36.6 Å². The molecule has 0 unspecified atom stereocenters. The van der Waals surface area contributed by atoms with Crippen molar-refractivity contribution in [2.45, 2.75) is 24.8 Å².